The van der Waals surface area contributed by atoms with Gasteiger partial charge in [0.25, 0.3) is 0 Å². The largest absolute Gasteiger partial charge is 0.454 e. The fourth-order valence-electron chi connectivity index (χ4n) is 1.62. The zero-order chi connectivity index (χ0) is 13.8. The predicted octanol–water partition coefficient (Wildman–Crippen LogP) is 3.54. The van der Waals surface area contributed by atoms with Crippen molar-refractivity contribution in [1.29, 1.82) is 5.26 Å². The number of halogens is 1. The smallest absolute Gasteiger partial charge is 0.166 e. The summed E-state index contributed by atoms with van der Waals surface area (Å²) in [4.78, 5) is 0. The number of nitrogens with zero attached hydrogens (tertiary/aromatic N) is 1. The van der Waals surface area contributed by atoms with Crippen molar-refractivity contribution in [3.05, 3.63) is 59.4 Å². The average Bonchev–Trinajstić information content (AvgIpc) is 2.41. The summed E-state index contributed by atoms with van der Waals surface area (Å²) in [5.74, 6) is -0.108. The van der Waals surface area contributed by atoms with Gasteiger partial charge in [0.2, 0.25) is 0 Å². The maximum absolute atomic E-state index is 13.8. The van der Waals surface area contributed by atoms with E-state index >= 15 is 0 Å². The second-order valence-electron chi connectivity index (χ2n) is 4.11. The van der Waals surface area contributed by atoms with Gasteiger partial charge in [-0.2, -0.15) is 5.26 Å². The van der Waals surface area contributed by atoms with Crippen LogP contribution in [0.5, 0.6) is 11.5 Å². The molecule has 2 aromatic carbocycles. The molecule has 2 aromatic rings. The number of hydrogen-bond donors (Lipinski definition) is 1. The predicted molar refractivity (Wildman–Crippen MR) is 68.3 cm³/mol. The molecule has 0 spiro atoms. The molecular formula is C15H12FNO2. The molecule has 1 unspecified atom stereocenters. The molecule has 0 saturated heterocycles. The number of ether oxygens (including phenoxy) is 1. The van der Waals surface area contributed by atoms with Gasteiger partial charge in [0.1, 0.15) is 5.75 Å². The Bertz CT molecular complexity index is 632. The molecule has 1 atom stereocenters. The molecule has 1 N–H and O–H groups in total. The lowest BCUT2D eigenvalue weighted by Gasteiger charge is -2.09. The first-order valence-electron chi connectivity index (χ1n) is 5.75. The molecule has 0 aliphatic heterocycles. The molecule has 0 fully saturated rings. The minimum Gasteiger partial charge on any atom is -0.454 e. The van der Waals surface area contributed by atoms with Crippen LogP contribution in [0.3, 0.4) is 0 Å². The average molecular weight is 257 g/mol. The zero-order valence-electron chi connectivity index (χ0n) is 10.3. The van der Waals surface area contributed by atoms with Crippen LogP contribution in [0.2, 0.25) is 0 Å². The van der Waals surface area contributed by atoms with Crippen LogP contribution in [-0.2, 0) is 0 Å². The minimum atomic E-state index is -0.731. The maximum Gasteiger partial charge on any atom is 0.166 e. The fourth-order valence-corrected chi connectivity index (χ4v) is 1.62. The van der Waals surface area contributed by atoms with Gasteiger partial charge in [-0.1, -0.05) is 12.1 Å². The summed E-state index contributed by atoms with van der Waals surface area (Å²) in [7, 11) is 0. The third-order valence-corrected chi connectivity index (χ3v) is 2.63. The minimum absolute atomic E-state index is 0.0551. The van der Waals surface area contributed by atoms with Gasteiger partial charge in [0.05, 0.1) is 17.7 Å². The first kappa shape index (κ1) is 13.1. The van der Waals surface area contributed by atoms with Crippen molar-refractivity contribution in [3.8, 4) is 17.6 Å². The van der Waals surface area contributed by atoms with Crippen molar-refractivity contribution >= 4 is 0 Å². The van der Waals surface area contributed by atoms with Crippen LogP contribution in [0.15, 0.2) is 42.5 Å². The number of aliphatic hydroxyl groups is 1. The van der Waals surface area contributed by atoms with Crippen molar-refractivity contribution in [3.63, 3.8) is 0 Å². The number of hydrogen-bond acceptors (Lipinski definition) is 3. The van der Waals surface area contributed by atoms with E-state index in [0.29, 0.717) is 16.9 Å². The Kier molecular flexibility index (Phi) is 3.79. The zero-order valence-corrected chi connectivity index (χ0v) is 10.3. The Hall–Kier alpha value is -2.38. The Morgan fingerprint density at radius 1 is 1.26 bits per heavy atom. The van der Waals surface area contributed by atoms with E-state index in [9.17, 15) is 9.50 Å². The van der Waals surface area contributed by atoms with E-state index in [1.54, 1.807) is 31.2 Å². The van der Waals surface area contributed by atoms with Crippen LogP contribution in [0.25, 0.3) is 0 Å². The third kappa shape index (κ3) is 3.09. The van der Waals surface area contributed by atoms with Crippen LogP contribution >= 0.6 is 0 Å². The summed E-state index contributed by atoms with van der Waals surface area (Å²) >= 11 is 0. The van der Waals surface area contributed by atoms with E-state index < -0.39 is 11.9 Å². The van der Waals surface area contributed by atoms with Crippen LogP contribution in [-0.4, -0.2) is 5.11 Å². The molecule has 0 aliphatic rings. The van der Waals surface area contributed by atoms with Gasteiger partial charge in [0, 0.05) is 0 Å². The van der Waals surface area contributed by atoms with E-state index in [4.69, 9.17) is 10.00 Å². The van der Waals surface area contributed by atoms with Crippen LogP contribution in [0, 0.1) is 17.1 Å². The quantitative estimate of drug-likeness (QED) is 0.914. The van der Waals surface area contributed by atoms with Gasteiger partial charge in [-0.3, -0.25) is 0 Å². The Balaban J connectivity index is 2.26. The molecule has 0 bridgehead atoms. The molecule has 0 aliphatic carbocycles. The first-order chi connectivity index (χ1) is 9.10. The molecule has 2 rings (SSSR count). The highest BCUT2D eigenvalue weighted by Crippen LogP contribution is 2.27. The Labute approximate surface area is 110 Å². The normalized spacial score (nSPS) is 11.7. The summed E-state index contributed by atoms with van der Waals surface area (Å²) < 4.78 is 19.2. The van der Waals surface area contributed by atoms with Crippen molar-refractivity contribution in [2.45, 2.75) is 13.0 Å². The van der Waals surface area contributed by atoms with Gasteiger partial charge in [-0.15, -0.1) is 0 Å². The highest BCUT2D eigenvalue weighted by molar-refractivity contribution is 5.40. The van der Waals surface area contributed by atoms with E-state index in [2.05, 4.69) is 0 Å². The number of rotatable bonds is 3. The second-order valence-corrected chi connectivity index (χ2v) is 4.11. The number of benzene rings is 2. The Morgan fingerprint density at radius 2 is 2.05 bits per heavy atom. The highest BCUT2D eigenvalue weighted by atomic mass is 19.1. The van der Waals surface area contributed by atoms with E-state index in [1.165, 1.54) is 18.2 Å². The van der Waals surface area contributed by atoms with Crippen molar-refractivity contribution in [2.75, 3.05) is 0 Å². The third-order valence-electron chi connectivity index (χ3n) is 2.63. The van der Waals surface area contributed by atoms with Crippen molar-refractivity contribution in [1.82, 2.24) is 0 Å². The molecule has 19 heavy (non-hydrogen) atoms. The molecule has 96 valence electrons. The van der Waals surface area contributed by atoms with Crippen LogP contribution < -0.4 is 4.74 Å². The fraction of sp³-hybridized carbons (Fsp3) is 0.133. The molecular weight excluding hydrogens is 245 g/mol. The monoisotopic (exact) mass is 257 g/mol. The summed E-state index contributed by atoms with van der Waals surface area (Å²) in [6.45, 7) is 1.56. The van der Waals surface area contributed by atoms with Gasteiger partial charge < -0.3 is 9.84 Å². The van der Waals surface area contributed by atoms with Crippen molar-refractivity contribution < 1.29 is 14.2 Å². The summed E-state index contributed by atoms with van der Waals surface area (Å²) in [5, 5.41) is 18.1. The molecule has 0 aromatic heterocycles. The van der Waals surface area contributed by atoms with Gasteiger partial charge >= 0.3 is 0 Å². The lowest BCUT2D eigenvalue weighted by Crippen LogP contribution is -1.94. The summed E-state index contributed by atoms with van der Waals surface area (Å²) in [5.41, 5.74) is 0.925. The van der Waals surface area contributed by atoms with E-state index in [0.717, 1.165) is 0 Å². The second kappa shape index (κ2) is 5.51. The number of nitriles is 1. The van der Waals surface area contributed by atoms with E-state index in [-0.39, 0.29) is 5.75 Å². The van der Waals surface area contributed by atoms with Gasteiger partial charge in [-0.05, 0) is 42.8 Å². The lowest BCUT2D eigenvalue weighted by atomic mass is 10.1. The number of aliphatic hydroxyl groups excluding tert-OH is 1. The molecule has 0 saturated carbocycles. The van der Waals surface area contributed by atoms with E-state index in [1.807, 2.05) is 6.07 Å². The Morgan fingerprint density at radius 3 is 2.68 bits per heavy atom. The maximum atomic E-state index is 13.8. The van der Waals surface area contributed by atoms with Crippen molar-refractivity contribution in [2.24, 2.45) is 0 Å². The molecule has 0 amide bonds. The molecule has 0 radical (unpaired) electrons. The van der Waals surface area contributed by atoms with Gasteiger partial charge in [-0.25, -0.2) is 4.39 Å². The topological polar surface area (TPSA) is 53.2 Å². The lowest BCUT2D eigenvalue weighted by molar-refractivity contribution is 0.198. The standard InChI is InChI=1S/C15H12FNO2/c1-10(18)12-5-6-15(14(16)8-12)19-13-4-2-3-11(7-13)9-17/h2-8,10,18H,1H3. The van der Waals surface area contributed by atoms with Crippen LogP contribution in [0.4, 0.5) is 4.39 Å². The SMILES string of the molecule is CC(O)c1ccc(Oc2cccc(C#N)c2)c(F)c1. The molecule has 0 heterocycles. The molecule has 4 heteroatoms. The highest BCUT2D eigenvalue weighted by Gasteiger charge is 2.09. The molecule has 3 nitrogen and oxygen atoms in total. The first-order valence-corrected chi connectivity index (χ1v) is 5.75. The summed E-state index contributed by atoms with van der Waals surface area (Å²) in [6, 6.07) is 12.7. The van der Waals surface area contributed by atoms with Gasteiger partial charge in [0.15, 0.2) is 11.6 Å². The van der Waals surface area contributed by atoms with Crippen LogP contribution in [0.1, 0.15) is 24.2 Å². The summed E-state index contributed by atoms with van der Waals surface area (Å²) in [6.07, 6.45) is -0.731.